The van der Waals surface area contributed by atoms with E-state index in [1.165, 1.54) is 0 Å². The van der Waals surface area contributed by atoms with Crippen molar-refractivity contribution in [2.24, 2.45) is 0 Å². The van der Waals surface area contributed by atoms with E-state index in [1.54, 1.807) is 30.3 Å². The van der Waals surface area contributed by atoms with E-state index in [0.29, 0.717) is 22.7 Å². The van der Waals surface area contributed by atoms with Gasteiger partial charge in [-0.3, -0.25) is 9.59 Å². The lowest BCUT2D eigenvalue weighted by molar-refractivity contribution is -0.118. The topological polar surface area (TPSA) is 67.4 Å². The molecule has 0 atom stereocenters. The molecule has 5 nitrogen and oxygen atoms in total. The van der Waals surface area contributed by atoms with E-state index in [-0.39, 0.29) is 18.4 Å². The van der Waals surface area contributed by atoms with E-state index in [4.69, 9.17) is 4.74 Å². The Balaban J connectivity index is 1.77. The van der Waals surface area contributed by atoms with Crippen LogP contribution >= 0.6 is 0 Å². The quantitative estimate of drug-likeness (QED) is 0.889. The molecular weight excluding hydrogens is 268 g/mol. The second-order valence-corrected chi connectivity index (χ2v) is 4.87. The molecule has 2 amide bonds. The van der Waals surface area contributed by atoms with Crippen LogP contribution in [-0.2, 0) is 4.79 Å². The highest BCUT2D eigenvalue weighted by atomic mass is 16.5. The molecule has 21 heavy (non-hydrogen) atoms. The fourth-order valence-corrected chi connectivity index (χ4v) is 2.06. The number of amides is 2. The zero-order valence-electron chi connectivity index (χ0n) is 11.5. The molecule has 0 bridgehead atoms. The van der Waals surface area contributed by atoms with Crippen LogP contribution in [0.2, 0.25) is 0 Å². The highest BCUT2D eigenvalue weighted by Crippen LogP contribution is 2.30. The molecule has 2 N–H and O–H groups in total. The van der Waals surface area contributed by atoms with Gasteiger partial charge in [0, 0.05) is 17.3 Å². The first-order valence-corrected chi connectivity index (χ1v) is 6.56. The molecule has 0 saturated heterocycles. The van der Waals surface area contributed by atoms with Gasteiger partial charge >= 0.3 is 0 Å². The summed E-state index contributed by atoms with van der Waals surface area (Å²) in [5.41, 5.74) is 2.92. The van der Waals surface area contributed by atoms with E-state index in [9.17, 15) is 9.59 Å². The van der Waals surface area contributed by atoms with Crippen LogP contribution in [0.25, 0.3) is 0 Å². The van der Waals surface area contributed by atoms with Crippen LogP contribution in [0.3, 0.4) is 0 Å². The lowest BCUT2D eigenvalue weighted by Gasteiger charge is -2.18. The van der Waals surface area contributed by atoms with Crippen molar-refractivity contribution >= 4 is 23.2 Å². The van der Waals surface area contributed by atoms with Crippen LogP contribution < -0.4 is 15.4 Å². The second-order valence-electron chi connectivity index (χ2n) is 4.87. The van der Waals surface area contributed by atoms with Crippen molar-refractivity contribution < 1.29 is 14.3 Å². The summed E-state index contributed by atoms with van der Waals surface area (Å²) < 4.78 is 5.32. The number of carbonyl (C=O) groups is 2. The van der Waals surface area contributed by atoms with Gasteiger partial charge in [-0.2, -0.15) is 0 Å². The molecule has 2 aromatic carbocycles. The normalized spacial score (nSPS) is 12.9. The first-order chi connectivity index (χ1) is 10.1. The zero-order valence-corrected chi connectivity index (χ0v) is 11.5. The maximum atomic E-state index is 12.1. The average molecular weight is 282 g/mol. The lowest BCUT2D eigenvalue weighted by atomic mass is 10.1. The average Bonchev–Trinajstić information content (AvgIpc) is 2.48. The van der Waals surface area contributed by atoms with Crippen molar-refractivity contribution in [1.82, 2.24) is 0 Å². The molecule has 0 radical (unpaired) electrons. The van der Waals surface area contributed by atoms with Gasteiger partial charge in [0.1, 0.15) is 5.75 Å². The van der Waals surface area contributed by atoms with Gasteiger partial charge in [-0.25, -0.2) is 0 Å². The maximum Gasteiger partial charge on any atom is 0.262 e. The molecule has 1 heterocycles. The van der Waals surface area contributed by atoms with Crippen LogP contribution in [0.4, 0.5) is 11.4 Å². The fraction of sp³-hybridized carbons (Fsp3) is 0.125. The van der Waals surface area contributed by atoms with E-state index < -0.39 is 0 Å². The minimum absolute atomic E-state index is 0.0115. The Morgan fingerprint density at radius 3 is 2.71 bits per heavy atom. The number of hydrogen-bond acceptors (Lipinski definition) is 3. The summed E-state index contributed by atoms with van der Waals surface area (Å²) in [5, 5.41) is 5.51. The number of rotatable bonds is 2. The van der Waals surface area contributed by atoms with Gasteiger partial charge in [0.05, 0.1) is 5.69 Å². The fourth-order valence-electron chi connectivity index (χ4n) is 2.06. The van der Waals surface area contributed by atoms with Gasteiger partial charge in [-0.15, -0.1) is 0 Å². The maximum absolute atomic E-state index is 12.1. The largest absolute Gasteiger partial charge is 0.482 e. The Morgan fingerprint density at radius 1 is 1.19 bits per heavy atom. The molecule has 0 aromatic heterocycles. The summed E-state index contributed by atoms with van der Waals surface area (Å²) in [4.78, 5) is 23.3. The molecule has 1 aliphatic heterocycles. The Morgan fingerprint density at radius 2 is 1.95 bits per heavy atom. The molecule has 106 valence electrons. The highest BCUT2D eigenvalue weighted by molar-refractivity contribution is 6.04. The third-order valence-corrected chi connectivity index (χ3v) is 3.19. The van der Waals surface area contributed by atoms with Gasteiger partial charge in [0.15, 0.2) is 6.61 Å². The molecule has 5 heteroatoms. The third kappa shape index (κ3) is 2.86. The van der Waals surface area contributed by atoms with Crippen LogP contribution in [0.15, 0.2) is 42.5 Å². The molecule has 0 fully saturated rings. The van der Waals surface area contributed by atoms with Crippen LogP contribution in [-0.4, -0.2) is 18.4 Å². The first-order valence-electron chi connectivity index (χ1n) is 6.56. The van der Waals surface area contributed by atoms with Crippen molar-refractivity contribution in [2.75, 3.05) is 17.2 Å². The molecule has 0 saturated carbocycles. The van der Waals surface area contributed by atoms with E-state index in [0.717, 1.165) is 5.56 Å². The molecule has 2 aromatic rings. The van der Waals surface area contributed by atoms with E-state index in [2.05, 4.69) is 10.6 Å². The summed E-state index contributed by atoms with van der Waals surface area (Å²) in [6, 6.07) is 12.5. The molecule has 0 spiro atoms. The number of nitrogens with one attached hydrogen (secondary N) is 2. The predicted octanol–water partition coefficient (Wildman–Crippen LogP) is 2.58. The zero-order chi connectivity index (χ0) is 14.8. The van der Waals surface area contributed by atoms with Crippen molar-refractivity contribution in [3.63, 3.8) is 0 Å². The van der Waals surface area contributed by atoms with Crippen LogP contribution in [0.5, 0.6) is 5.75 Å². The van der Waals surface area contributed by atoms with Gasteiger partial charge in [-0.05, 0) is 31.2 Å². The minimum Gasteiger partial charge on any atom is -0.482 e. The number of aryl methyl sites for hydroxylation is 1. The van der Waals surface area contributed by atoms with Crippen molar-refractivity contribution in [1.29, 1.82) is 0 Å². The summed E-state index contributed by atoms with van der Waals surface area (Å²) >= 11 is 0. The molecule has 0 aliphatic carbocycles. The summed E-state index contributed by atoms with van der Waals surface area (Å²) in [6.07, 6.45) is 0. The van der Waals surface area contributed by atoms with Gasteiger partial charge in [-0.1, -0.05) is 17.7 Å². The van der Waals surface area contributed by atoms with E-state index in [1.807, 2.05) is 19.1 Å². The lowest BCUT2D eigenvalue weighted by Crippen LogP contribution is -2.25. The number of anilines is 2. The Kier molecular flexibility index (Phi) is 3.31. The Hall–Kier alpha value is -2.82. The molecule has 0 unspecified atom stereocenters. The third-order valence-electron chi connectivity index (χ3n) is 3.19. The molecule has 1 aliphatic rings. The number of fused-ring (bicyclic) bond motifs is 1. The number of carbonyl (C=O) groups excluding carboxylic acids is 2. The Labute approximate surface area is 121 Å². The van der Waals surface area contributed by atoms with E-state index >= 15 is 0 Å². The smallest absolute Gasteiger partial charge is 0.262 e. The van der Waals surface area contributed by atoms with Gasteiger partial charge in [0.2, 0.25) is 0 Å². The standard InChI is InChI=1S/C16H14N2O3/c1-10-2-4-11(5-3-10)16(20)17-12-6-7-13-14(8-12)21-9-15(19)18-13/h2-8H,9H2,1H3,(H,17,20)(H,18,19). The predicted molar refractivity (Wildman–Crippen MR) is 79.7 cm³/mol. The summed E-state index contributed by atoms with van der Waals surface area (Å²) in [5.74, 6) is 0.185. The van der Waals surface area contributed by atoms with Gasteiger partial charge in [0.25, 0.3) is 11.8 Å². The number of hydrogen-bond donors (Lipinski definition) is 2. The van der Waals surface area contributed by atoms with Crippen LogP contribution in [0, 0.1) is 6.92 Å². The van der Waals surface area contributed by atoms with Gasteiger partial charge < -0.3 is 15.4 Å². The second kappa shape index (κ2) is 5.28. The monoisotopic (exact) mass is 282 g/mol. The van der Waals surface area contributed by atoms with Crippen molar-refractivity contribution in [3.05, 3.63) is 53.6 Å². The van der Waals surface area contributed by atoms with Crippen molar-refractivity contribution in [3.8, 4) is 5.75 Å². The van der Waals surface area contributed by atoms with Crippen molar-refractivity contribution in [2.45, 2.75) is 6.92 Å². The molecular formula is C16H14N2O3. The summed E-state index contributed by atoms with van der Waals surface area (Å²) in [7, 11) is 0. The first kappa shape index (κ1) is 13.2. The molecule has 3 rings (SSSR count). The Bertz CT molecular complexity index is 708. The SMILES string of the molecule is Cc1ccc(C(=O)Nc2ccc3c(c2)OCC(=O)N3)cc1. The van der Waals surface area contributed by atoms with Crippen LogP contribution in [0.1, 0.15) is 15.9 Å². The number of ether oxygens (including phenoxy) is 1. The number of benzene rings is 2. The highest BCUT2D eigenvalue weighted by Gasteiger charge is 2.16. The minimum atomic E-state index is -0.185. The summed E-state index contributed by atoms with van der Waals surface area (Å²) in [6.45, 7) is 1.96.